The minimum Gasteiger partial charge on any atom is -0.467 e. The SMILES string of the molecule is CC1CO[C@@](O)(c2cc(F)cc(F)c2)C(C)N1C(=O)OCOC(=O)CN(C)CCOC(=O)c1cc(S(N)(=O)=O)c(Cl)cc1NCc1ccco1. The number of likely N-dealkylation sites (N-methyl/N-ethyl adjacent to an activating group) is 1. The van der Waals surface area contributed by atoms with Crippen molar-refractivity contribution in [3.63, 3.8) is 0 Å². The molecule has 1 fully saturated rings. The van der Waals surface area contributed by atoms with Gasteiger partial charge in [-0.1, -0.05) is 11.6 Å². The van der Waals surface area contributed by atoms with Gasteiger partial charge in [-0.05, 0) is 57.3 Å². The molecule has 1 amide bonds. The van der Waals surface area contributed by atoms with Crippen LogP contribution in [0.15, 0.2) is 58.0 Å². The van der Waals surface area contributed by atoms with Gasteiger partial charge in [0.15, 0.2) is 0 Å². The fourth-order valence-corrected chi connectivity index (χ4v) is 6.16. The molecule has 0 aliphatic carbocycles. The van der Waals surface area contributed by atoms with Gasteiger partial charge in [-0.3, -0.25) is 14.6 Å². The van der Waals surface area contributed by atoms with Gasteiger partial charge in [0, 0.05) is 18.2 Å². The number of nitrogens with zero attached hydrogens (tertiary/aromatic N) is 2. The van der Waals surface area contributed by atoms with E-state index in [0.717, 1.165) is 23.1 Å². The van der Waals surface area contributed by atoms with Gasteiger partial charge in [-0.25, -0.2) is 31.9 Å². The highest BCUT2D eigenvalue weighted by molar-refractivity contribution is 7.89. The van der Waals surface area contributed by atoms with E-state index in [1.54, 1.807) is 19.1 Å². The highest BCUT2D eigenvalue weighted by atomic mass is 35.5. The quantitative estimate of drug-likeness (QED) is 0.171. The zero-order valence-electron chi connectivity index (χ0n) is 27.1. The van der Waals surface area contributed by atoms with E-state index in [0.29, 0.717) is 11.8 Å². The van der Waals surface area contributed by atoms with Crippen molar-refractivity contribution in [1.82, 2.24) is 9.80 Å². The molecule has 272 valence electrons. The Hall–Kier alpha value is -4.33. The van der Waals surface area contributed by atoms with E-state index in [4.69, 9.17) is 40.1 Å². The van der Waals surface area contributed by atoms with E-state index >= 15 is 0 Å². The number of hydrogen-bond acceptors (Lipinski definition) is 13. The Kier molecular flexibility index (Phi) is 12.4. The molecule has 0 spiro atoms. The molecule has 2 heterocycles. The van der Waals surface area contributed by atoms with Gasteiger partial charge < -0.3 is 33.8 Å². The number of carbonyl (C=O) groups excluding carboxylic acids is 3. The zero-order valence-corrected chi connectivity index (χ0v) is 28.6. The number of morpholine rings is 1. The average molecular weight is 745 g/mol. The van der Waals surface area contributed by atoms with E-state index < -0.39 is 69.2 Å². The predicted molar refractivity (Wildman–Crippen MR) is 171 cm³/mol. The summed E-state index contributed by atoms with van der Waals surface area (Å²) in [5.41, 5.74) is -0.251. The molecule has 4 rings (SSSR count). The number of aliphatic hydroxyl groups is 1. The molecule has 1 saturated heterocycles. The molecule has 1 aliphatic heterocycles. The zero-order chi connectivity index (χ0) is 36.8. The number of nitrogens with one attached hydrogen (secondary N) is 1. The molecule has 1 aromatic heterocycles. The second kappa shape index (κ2) is 16.1. The summed E-state index contributed by atoms with van der Waals surface area (Å²) < 4.78 is 77.8. The van der Waals surface area contributed by atoms with Crippen LogP contribution in [0.5, 0.6) is 0 Å². The van der Waals surface area contributed by atoms with Crippen molar-refractivity contribution < 1.29 is 60.1 Å². The highest BCUT2D eigenvalue weighted by Crippen LogP contribution is 2.36. The van der Waals surface area contributed by atoms with Crippen molar-refractivity contribution in [3.05, 3.63) is 82.3 Å². The predicted octanol–water partition coefficient (Wildman–Crippen LogP) is 3.15. The van der Waals surface area contributed by atoms with Crippen LogP contribution in [-0.2, 0) is 46.1 Å². The van der Waals surface area contributed by atoms with E-state index in [1.807, 2.05) is 0 Å². The lowest BCUT2D eigenvalue weighted by atomic mass is 9.94. The third-order valence-corrected chi connectivity index (χ3v) is 9.00. The molecule has 3 atom stereocenters. The molecule has 50 heavy (non-hydrogen) atoms. The number of hydrogen-bond donors (Lipinski definition) is 3. The number of ether oxygens (including phenoxy) is 4. The monoisotopic (exact) mass is 744 g/mol. The lowest BCUT2D eigenvalue weighted by Gasteiger charge is -2.47. The van der Waals surface area contributed by atoms with Crippen molar-refractivity contribution in [1.29, 1.82) is 0 Å². The number of primary sulfonamides is 1. The van der Waals surface area contributed by atoms with Crippen LogP contribution in [0.25, 0.3) is 0 Å². The summed E-state index contributed by atoms with van der Waals surface area (Å²) in [5.74, 6) is -5.34. The molecular formula is C31H35ClF2N4O11S. The molecular weight excluding hydrogens is 710 g/mol. The second-order valence-electron chi connectivity index (χ2n) is 11.3. The number of halogens is 3. The summed E-state index contributed by atoms with van der Waals surface area (Å²) in [6.45, 7) is 1.65. The number of carbonyl (C=O) groups is 3. The summed E-state index contributed by atoms with van der Waals surface area (Å²) in [6, 6.07) is 6.18. The Morgan fingerprint density at radius 3 is 2.48 bits per heavy atom. The molecule has 0 saturated carbocycles. The van der Waals surface area contributed by atoms with E-state index in [2.05, 4.69) is 5.32 Å². The third kappa shape index (κ3) is 9.46. The molecule has 3 aromatic rings. The van der Waals surface area contributed by atoms with Crippen molar-refractivity contribution in [3.8, 4) is 0 Å². The summed E-state index contributed by atoms with van der Waals surface area (Å²) in [6.07, 6.45) is 0.472. The van der Waals surface area contributed by atoms with Gasteiger partial charge >= 0.3 is 18.0 Å². The van der Waals surface area contributed by atoms with Crippen LogP contribution in [0, 0.1) is 11.6 Å². The van der Waals surface area contributed by atoms with Crippen LogP contribution in [0.2, 0.25) is 5.02 Å². The standard InChI is InChI=1S/C31H35ClF2N4O11S/c1-18-16-49-31(42,20-9-21(33)11-22(34)10-20)19(2)38(18)30(41)48-17-47-28(39)15-37(3)6-8-46-29(40)24-12-27(50(35,43)44)25(32)13-26(24)36-14-23-5-4-7-45-23/h4-5,7,9-13,18-19,36,42H,6,8,14-17H2,1-3H3,(H2,35,43,44)/t18?,19?,31-/m1/s1. The summed E-state index contributed by atoms with van der Waals surface area (Å²) >= 11 is 6.10. The number of furan rings is 1. The van der Waals surface area contributed by atoms with E-state index in [1.165, 1.54) is 31.2 Å². The Labute approximate surface area is 290 Å². The maximum absolute atomic E-state index is 13.8. The topological polar surface area (TPSA) is 200 Å². The number of anilines is 1. The van der Waals surface area contributed by atoms with Crippen LogP contribution in [0.4, 0.5) is 19.3 Å². The summed E-state index contributed by atoms with van der Waals surface area (Å²) in [7, 11) is -2.76. The van der Waals surface area contributed by atoms with Crippen LogP contribution in [0.3, 0.4) is 0 Å². The fraction of sp³-hybridized carbons (Fsp3) is 0.387. The number of benzene rings is 2. The second-order valence-corrected chi connectivity index (χ2v) is 13.3. The molecule has 4 N–H and O–H groups in total. The Balaban J connectivity index is 1.27. The smallest absolute Gasteiger partial charge is 0.413 e. The molecule has 15 nitrogen and oxygen atoms in total. The van der Waals surface area contributed by atoms with E-state index in [-0.39, 0.29) is 54.7 Å². The van der Waals surface area contributed by atoms with Crippen molar-refractivity contribution >= 4 is 45.3 Å². The van der Waals surface area contributed by atoms with Crippen LogP contribution >= 0.6 is 11.6 Å². The lowest BCUT2D eigenvalue weighted by Crippen LogP contribution is -2.62. The molecule has 0 radical (unpaired) electrons. The first-order valence-corrected chi connectivity index (χ1v) is 16.8. The number of nitrogens with two attached hydrogens (primary N) is 1. The number of sulfonamides is 1. The molecule has 2 unspecified atom stereocenters. The molecule has 1 aliphatic rings. The Morgan fingerprint density at radius 1 is 1.14 bits per heavy atom. The average Bonchev–Trinajstić information content (AvgIpc) is 3.55. The van der Waals surface area contributed by atoms with Crippen LogP contribution in [0.1, 0.15) is 35.5 Å². The highest BCUT2D eigenvalue weighted by Gasteiger charge is 2.49. The molecule has 19 heteroatoms. The van der Waals surface area contributed by atoms with Gasteiger partial charge in [-0.15, -0.1) is 0 Å². The maximum atomic E-state index is 13.8. The van der Waals surface area contributed by atoms with Gasteiger partial charge in [0.2, 0.25) is 22.6 Å². The lowest BCUT2D eigenvalue weighted by molar-refractivity contribution is -0.280. The maximum Gasteiger partial charge on any atom is 0.413 e. The number of rotatable bonds is 13. The minimum absolute atomic E-state index is 0.0352. The molecule has 0 bridgehead atoms. The summed E-state index contributed by atoms with van der Waals surface area (Å²) in [5, 5.41) is 19.1. The fourth-order valence-electron chi connectivity index (χ4n) is 5.06. The van der Waals surface area contributed by atoms with E-state index in [9.17, 15) is 36.7 Å². The first-order valence-electron chi connectivity index (χ1n) is 14.9. The van der Waals surface area contributed by atoms with Gasteiger partial charge in [-0.2, -0.15) is 0 Å². The summed E-state index contributed by atoms with van der Waals surface area (Å²) in [4.78, 5) is 40.3. The largest absolute Gasteiger partial charge is 0.467 e. The Bertz CT molecular complexity index is 1800. The molecule has 2 aromatic carbocycles. The van der Waals surface area contributed by atoms with Crippen LogP contribution in [-0.4, -0.2) is 93.6 Å². The van der Waals surface area contributed by atoms with Crippen LogP contribution < -0.4 is 10.5 Å². The van der Waals surface area contributed by atoms with Crippen molar-refractivity contribution in [2.75, 3.05) is 45.5 Å². The van der Waals surface area contributed by atoms with Gasteiger partial charge in [0.1, 0.15) is 28.9 Å². The van der Waals surface area contributed by atoms with Crippen molar-refractivity contribution in [2.45, 2.75) is 43.2 Å². The van der Waals surface area contributed by atoms with Gasteiger partial charge in [0.05, 0.1) is 54.3 Å². The number of amides is 1. The van der Waals surface area contributed by atoms with Gasteiger partial charge in [0.25, 0.3) is 0 Å². The minimum atomic E-state index is -4.28. The van der Waals surface area contributed by atoms with Crippen molar-refractivity contribution in [2.24, 2.45) is 5.14 Å². The first-order chi connectivity index (χ1) is 23.5. The Morgan fingerprint density at radius 2 is 1.84 bits per heavy atom. The first kappa shape index (κ1) is 38.5. The third-order valence-electron chi connectivity index (χ3n) is 7.63. The number of esters is 2. The normalized spacial score (nSPS) is 19.3.